The molecule has 6 fully saturated rings. The van der Waals surface area contributed by atoms with Crippen molar-refractivity contribution in [1.29, 1.82) is 0 Å². The van der Waals surface area contributed by atoms with Gasteiger partial charge in [-0.25, -0.2) is 0 Å². The summed E-state index contributed by atoms with van der Waals surface area (Å²) in [7, 11) is 0. The molecule has 0 aromatic carbocycles. The number of ether oxygens (including phenoxy) is 13. The highest BCUT2D eigenvalue weighted by Crippen LogP contribution is 2.39. The monoisotopic (exact) mass is 1270 g/mol. The molecule has 6 heterocycles. The largest absolute Gasteiger partial charge is 0.457 e. The molecule has 88 heavy (non-hydrogen) atoms. The maximum absolute atomic E-state index is 14.0. The number of hydrogen-bond acceptors (Lipinski definition) is 25. The summed E-state index contributed by atoms with van der Waals surface area (Å²) in [6.45, 7) is 13.0. The Labute approximate surface area is 519 Å². The Morgan fingerprint density at radius 2 is 1.02 bits per heavy atom. The van der Waals surface area contributed by atoms with E-state index in [2.05, 4.69) is 13.8 Å². The summed E-state index contributed by atoms with van der Waals surface area (Å²) < 4.78 is 81.2. The van der Waals surface area contributed by atoms with Gasteiger partial charge in [-0.2, -0.15) is 0 Å². The number of hydrogen-bond donors (Lipinski definition) is 9. The van der Waals surface area contributed by atoms with Gasteiger partial charge < -0.3 is 108 Å². The first-order chi connectivity index (χ1) is 42.1. The summed E-state index contributed by atoms with van der Waals surface area (Å²) in [4.78, 5) is 41.0. The van der Waals surface area contributed by atoms with Crippen LogP contribution in [0.4, 0.5) is 0 Å². The van der Waals surface area contributed by atoms with Crippen molar-refractivity contribution in [2.45, 2.75) is 369 Å². The van der Waals surface area contributed by atoms with E-state index in [0.717, 1.165) is 116 Å². The fourth-order valence-electron chi connectivity index (χ4n) is 12.3. The van der Waals surface area contributed by atoms with Crippen molar-refractivity contribution in [3.8, 4) is 0 Å². The minimum Gasteiger partial charge on any atom is -0.457 e. The lowest BCUT2D eigenvalue weighted by molar-refractivity contribution is -0.395. The van der Waals surface area contributed by atoms with Gasteiger partial charge in [-0.3, -0.25) is 14.4 Å². The number of fused-ring (bicyclic) bond motifs is 2. The van der Waals surface area contributed by atoms with Crippen molar-refractivity contribution in [3.63, 3.8) is 0 Å². The van der Waals surface area contributed by atoms with Crippen molar-refractivity contribution in [2.24, 2.45) is 5.92 Å². The Balaban J connectivity index is 1.29. The predicted octanol–water partition coefficient (Wildman–Crippen LogP) is 4.30. The fourth-order valence-corrected chi connectivity index (χ4v) is 12.3. The lowest BCUT2D eigenvalue weighted by Crippen LogP contribution is -2.67. The molecule has 2 unspecified atom stereocenters. The fraction of sp³-hybridized carbons (Fsp3) is 0.952. The van der Waals surface area contributed by atoms with Crippen LogP contribution in [0.1, 0.15) is 209 Å². The van der Waals surface area contributed by atoms with Crippen LogP contribution in [0.3, 0.4) is 0 Å². The van der Waals surface area contributed by atoms with Crippen LogP contribution in [-0.2, 0) is 76.0 Å². The third kappa shape index (κ3) is 20.8. The van der Waals surface area contributed by atoms with E-state index in [1.807, 2.05) is 0 Å². The van der Waals surface area contributed by atoms with Gasteiger partial charge in [0.1, 0.15) is 79.4 Å². The van der Waals surface area contributed by atoms with Crippen LogP contribution < -0.4 is 0 Å². The third-order valence-electron chi connectivity index (χ3n) is 18.2. The summed E-state index contributed by atoms with van der Waals surface area (Å²) in [6, 6.07) is 0. The highest BCUT2D eigenvalue weighted by atomic mass is 16.8. The predicted molar refractivity (Wildman–Crippen MR) is 312 cm³/mol. The van der Waals surface area contributed by atoms with Crippen molar-refractivity contribution in [3.05, 3.63) is 0 Å². The molecular formula is C63H110O25. The van der Waals surface area contributed by atoms with E-state index in [0.29, 0.717) is 19.3 Å². The molecule has 6 aliphatic heterocycles. The lowest BCUT2D eigenvalue weighted by Gasteiger charge is -2.50. The number of carbonyl (C=O) groups excluding carboxylic acids is 3. The lowest BCUT2D eigenvalue weighted by atomic mass is 9.95. The van der Waals surface area contributed by atoms with Gasteiger partial charge in [0.05, 0.1) is 43.0 Å². The minimum atomic E-state index is -1.96. The highest BCUT2D eigenvalue weighted by Gasteiger charge is 2.58. The molecular weight excluding hydrogens is 1160 g/mol. The summed E-state index contributed by atoms with van der Waals surface area (Å²) in [5, 5.41) is 102. The number of aliphatic hydroxyl groups is 9. The molecule has 0 radical (unpaired) electrons. The van der Waals surface area contributed by atoms with Crippen LogP contribution in [-0.4, -0.2) is 230 Å². The van der Waals surface area contributed by atoms with E-state index >= 15 is 0 Å². The van der Waals surface area contributed by atoms with Gasteiger partial charge in [-0.05, 0) is 59.8 Å². The molecule has 27 atom stereocenters. The van der Waals surface area contributed by atoms with Gasteiger partial charge in [0, 0.05) is 12.8 Å². The van der Waals surface area contributed by atoms with Crippen LogP contribution in [0.15, 0.2) is 0 Å². The first kappa shape index (κ1) is 74.7. The van der Waals surface area contributed by atoms with Gasteiger partial charge in [-0.1, -0.05) is 137 Å². The quantitative estimate of drug-likeness (QED) is 0.0349. The van der Waals surface area contributed by atoms with E-state index in [9.17, 15) is 60.3 Å². The number of rotatable bonds is 25. The van der Waals surface area contributed by atoms with Crippen LogP contribution in [0.2, 0.25) is 0 Å². The Kier molecular flexibility index (Phi) is 31.8. The number of esters is 3. The zero-order valence-corrected chi connectivity index (χ0v) is 53.3. The van der Waals surface area contributed by atoms with Crippen molar-refractivity contribution < 1.29 is 122 Å². The SMILES string of the molecule is CCCCCCCCCCCC(=O)O[C@H]1[C@H](O[C@@H]2[C@@H](O)[C@H]3OC(=O)CCCCCCCCCC(CCCCC)O[C@@H]4O[C@H](C)[C@@H](O)[C@H](O)[C@H]4O[C@@H]3O[C@H]2C)O[C@@H](C)[C@H](O[C@@H]2O[C@@H](C)[C@H](OC(=O)C(C)CC)[C@@H](O)[C@H]2O[C@@H]2O[C@H](CO)[C@@H](O)[C@H](O)[C@H]2O)[C@H]1O. The summed E-state index contributed by atoms with van der Waals surface area (Å²) in [6.07, 6.45) is -19.9. The molecule has 9 N–H and O–H groups in total. The second kappa shape index (κ2) is 37.5. The average molecular weight is 1270 g/mol. The van der Waals surface area contributed by atoms with Gasteiger partial charge in [-0.15, -0.1) is 0 Å². The van der Waals surface area contributed by atoms with Crippen LogP contribution in [0, 0.1) is 5.92 Å². The smallest absolute Gasteiger partial charge is 0.309 e. The maximum Gasteiger partial charge on any atom is 0.309 e. The Hall–Kier alpha value is -2.35. The van der Waals surface area contributed by atoms with Crippen LogP contribution in [0.25, 0.3) is 0 Å². The van der Waals surface area contributed by atoms with Gasteiger partial charge in [0.2, 0.25) is 0 Å². The zero-order chi connectivity index (χ0) is 64.2. The van der Waals surface area contributed by atoms with Crippen LogP contribution in [0.5, 0.6) is 0 Å². The summed E-state index contributed by atoms with van der Waals surface area (Å²) in [5.41, 5.74) is 0. The first-order valence-corrected chi connectivity index (χ1v) is 33.3. The molecule has 0 aromatic rings. The van der Waals surface area contributed by atoms with Gasteiger partial charge >= 0.3 is 17.9 Å². The average Bonchev–Trinajstić information content (AvgIpc) is 1.07. The molecule has 0 aliphatic carbocycles. The molecule has 512 valence electrons. The van der Waals surface area contributed by atoms with Crippen LogP contribution >= 0.6 is 0 Å². The van der Waals surface area contributed by atoms with E-state index in [1.165, 1.54) is 20.3 Å². The molecule has 0 bridgehead atoms. The van der Waals surface area contributed by atoms with E-state index in [-0.39, 0.29) is 18.9 Å². The Bertz CT molecular complexity index is 2010. The topological polar surface area (TPSA) is 353 Å². The van der Waals surface area contributed by atoms with Crippen molar-refractivity contribution >= 4 is 17.9 Å². The Morgan fingerprint density at radius 3 is 1.67 bits per heavy atom. The minimum absolute atomic E-state index is 0.0137. The first-order valence-electron chi connectivity index (χ1n) is 33.3. The second-order valence-electron chi connectivity index (χ2n) is 25.4. The van der Waals surface area contributed by atoms with Gasteiger partial charge in [0.25, 0.3) is 0 Å². The summed E-state index contributed by atoms with van der Waals surface area (Å²) in [5.74, 6) is -2.69. The summed E-state index contributed by atoms with van der Waals surface area (Å²) >= 11 is 0. The molecule has 25 nitrogen and oxygen atoms in total. The molecule has 0 saturated carbocycles. The molecule has 0 spiro atoms. The zero-order valence-electron chi connectivity index (χ0n) is 53.3. The number of carbonyl (C=O) groups is 3. The molecule has 6 aliphatic rings. The van der Waals surface area contributed by atoms with Crippen molar-refractivity contribution in [1.82, 2.24) is 0 Å². The third-order valence-corrected chi connectivity index (χ3v) is 18.2. The van der Waals surface area contributed by atoms with E-state index in [4.69, 9.17) is 61.6 Å². The standard InChI is InChI=1S/C63H110O25/c1-9-12-14-15-16-17-20-23-27-31-41(65)82-55-49(73)53(86-63-57(87-59-47(71)45(69)44(68)40(33-64)81-59)48(72)51(36(6)77-63)84-58(75)34(4)11-3)37(7)78-61(55)85-52-38(8)79-62-56(50(52)74)83-42(66)32-28-24-21-18-19-22-26-30-39(29-25-13-10-2)80-60-54(88-62)46(70)43(67)35(5)76-60/h34-40,43-57,59-64,67-74H,9-33H2,1-8H3/t34?,35-,36+,37+,38+,39?,40-,43-,44-,45+,46+,47-,48-,49-,50-,51+,52+,53+,54-,55-,56-,57-,59+,60+,61+,62+,63+/m1/s1. The number of aliphatic hydroxyl groups excluding tert-OH is 9. The van der Waals surface area contributed by atoms with E-state index in [1.54, 1.807) is 27.7 Å². The normalized spacial score (nSPS) is 41.3. The van der Waals surface area contributed by atoms with Gasteiger partial charge in [0.15, 0.2) is 49.8 Å². The molecule has 0 amide bonds. The molecule has 0 aromatic heterocycles. The Morgan fingerprint density at radius 1 is 0.489 bits per heavy atom. The molecule has 25 heteroatoms. The van der Waals surface area contributed by atoms with Crippen molar-refractivity contribution in [2.75, 3.05) is 6.61 Å². The maximum atomic E-state index is 14.0. The van der Waals surface area contributed by atoms with E-state index < -0.39 is 184 Å². The second-order valence-corrected chi connectivity index (χ2v) is 25.4. The number of unbranched alkanes of at least 4 members (excludes halogenated alkanes) is 10. The molecule has 6 rings (SSSR count). The highest BCUT2D eigenvalue weighted by molar-refractivity contribution is 5.72. The molecule has 6 saturated heterocycles.